The molecular weight excluding hydrogens is 410 g/mol. The van der Waals surface area contributed by atoms with Crippen molar-refractivity contribution in [1.82, 2.24) is 0 Å². The van der Waals surface area contributed by atoms with Crippen molar-refractivity contribution in [2.45, 2.75) is 4.90 Å². The van der Waals surface area contributed by atoms with E-state index in [0.717, 1.165) is 12.1 Å². The highest BCUT2D eigenvalue weighted by molar-refractivity contribution is 7.86. The molecule has 0 heterocycles. The smallest absolute Gasteiger partial charge is 0.296 e. The number of hydrogen-bond donors (Lipinski definition) is 1. The fourth-order valence-corrected chi connectivity index (χ4v) is 3.72. The molecule has 1 aliphatic rings. The maximum Gasteiger partial charge on any atom is 0.296 e. The highest BCUT2D eigenvalue weighted by Crippen LogP contribution is 2.35. The quantitative estimate of drug-likeness (QED) is 0.300. The molecule has 0 saturated carbocycles. The summed E-state index contributed by atoms with van der Waals surface area (Å²) in [6.45, 7) is 0. The average molecular weight is 422 g/mol. The first-order chi connectivity index (χ1) is 14.3. The van der Waals surface area contributed by atoms with E-state index in [-0.39, 0.29) is 33.1 Å². The van der Waals surface area contributed by atoms with E-state index < -0.39 is 32.3 Å². The summed E-state index contributed by atoms with van der Waals surface area (Å²) in [7, 11) is -4.84. The lowest BCUT2D eigenvalue weighted by Gasteiger charge is -2.22. The summed E-state index contributed by atoms with van der Waals surface area (Å²) < 4.78 is 33.3. The summed E-state index contributed by atoms with van der Waals surface area (Å²) in [6.07, 6.45) is 0. The van der Waals surface area contributed by atoms with Crippen molar-refractivity contribution in [3.63, 3.8) is 0 Å². The zero-order valence-corrected chi connectivity index (χ0v) is 15.9. The van der Waals surface area contributed by atoms with Crippen LogP contribution in [0.15, 0.2) is 82.0 Å². The van der Waals surface area contributed by atoms with Gasteiger partial charge in [0, 0.05) is 27.9 Å². The van der Waals surface area contributed by atoms with Gasteiger partial charge in [0.2, 0.25) is 0 Å². The lowest BCUT2D eigenvalue weighted by atomic mass is 9.84. The third-order valence-electron chi connectivity index (χ3n) is 4.49. The molecule has 1 N–H and O–H groups in total. The van der Waals surface area contributed by atoms with E-state index in [1.165, 1.54) is 24.3 Å². The molecule has 0 bridgehead atoms. The molecule has 0 atom stereocenters. The van der Waals surface area contributed by atoms with E-state index in [0.29, 0.717) is 0 Å². The fraction of sp³-hybridized carbons (Fsp3) is 0. The third kappa shape index (κ3) is 3.39. The number of benzene rings is 3. The first kappa shape index (κ1) is 19.6. The average Bonchev–Trinajstić information content (AvgIpc) is 2.75. The van der Waals surface area contributed by atoms with Crippen LogP contribution in [0.4, 0.5) is 11.4 Å². The molecule has 3 aromatic carbocycles. The minimum Gasteiger partial charge on any atom is -0.736 e. The summed E-state index contributed by atoms with van der Waals surface area (Å²) in [5, 5.41) is 19.2. The first-order valence-electron chi connectivity index (χ1n) is 8.55. The van der Waals surface area contributed by atoms with Crippen molar-refractivity contribution in [2.75, 3.05) is 5.17 Å². The molecule has 0 saturated heterocycles. The van der Waals surface area contributed by atoms with Crippen LogP contribution in [0.2, 0.25) is 0 Å². The van der Waals surface area contributed by atoms with Gasteiger partial charge in [0.1, 0.15) is 10.6 Å². The molecule has 0 aliphatic heterocycles. The van der Waals surface area contributed by atoms with Crippen LogP contribution in [0.5, 0.6) is 0 Å². The second-order valence-electron chi connectivity index (χ2n) is 6.34. The predicted octanol–water partition coefficient (Wildman–Crippen LogP) is 3.71. The van der Waals surface area contributed by atoms with Gasteiger partial charge in [0.25, 0.3) is 10.1 Å². The molecule has 0 radical (unpaired) electrons. The number of carbonyl (C=O) groups excluding carboxylic acids is 2. The van der Waals surface area contributed by atoms with Crippen molar-refractivity contribution in [3.8, 4) is 0 Å². The topological polar surface area (TPSA) is 140 Å². The standard InChI is InChI=1S/C20H12N3O6S/c24-19-13-8-4-5-9-14(13)20(25)16-11-18(30(27,28)29)17(10-15(16)19)21-22-23(26)12-6-2-1-3-7-12/h1-11H,(H,27,28,29)/q-1. The fourth-order valence-electron chi connectivity index (χ4n) is 3.09. The van der Waals surface area contributed by atoms with E-state index in [4.69, 9.17) is 0 Å². The van der Waals surface area contributed by atoms with Crippen LogP contribution in [0.25, 0.3) is 0 Å². The van der Waals surface area contributed by atoms with Crippen LogP contribution in [-0.4, -0.2) is 24.5 Å². The minimum atomic E-state index is -4.84. The van der Waals surface area contributed by atoms with Gasteiger partial charge in [-0.2, -0.15) is 8.42 Å². The van der Waals surface area contributed by atoms with Crippen molar-refractivity contribution < 1.29 is 22.6 Å². The van der Waals surface area contributed by atoms with Gasteiger partial charge in [-0.1, -0.05) is 47.7 Å². The van der Waals surface area contributed by atoms with Gasteiger partial charge in [-0.05, 0) is 24.3 Å². The van der Waals surface area contributed by atoms with Crippen molar-refractivity contribution in [3.05, 3.63) is 94.2 Å². The maximum atomic E-state index is 12.8. The Hall–Kier alpha value is -3.73. The second kappa shape index (κ2) is 7.26. The summed E-state index contributed by atoms with van der Waals surface area (Å²) in [5.74, 6) is -1.08. The Morgan fingerprint density at radius 1 is 0.800 bits per heavy atom. The highest BCUT2D eigenvalue weighted by Gasteiger charge is 2.32. The molecule has 9 nitrogen and oxygen atoms in total. The monoisotopic (exact) mass is 422 g/mol. The van der Waals surface area contributed by atoms with E-state index in [9.17, 15) is 27.8 Å². The number of hydrogen-bond acceptors (Lipinski definition) is 7. The predicted molar refractivity (Wildman–Crippen MR) is 106 cm³/mol. The summed E-state index contributed by atoms with van der Waals surface area (Å²) in [5.41, 5.74) is -0.321. The molecule has 10 heteroatoms. The molecule has 3 aromatic rings. The van der Waals surface area contributed by atoms with E-state index in [2.05, 4.69) is 10.3 Å². The number of nitrogens with zero attached hydrogens (tertiary/aromatic N) is 3. The molecule has 0 spiro atoms. The molecule has 0 fully saturated rings. The Bertz CT molecular complexity index is 1320. The van der Waals surface area contributed by atoms with Gasteiger partial charge in [-0.25, -0.2) is 0 Å². The van der Waals surface area contributed by atoms with Crippen LogP contribution < -0.4 is 5.17 Å². The molecule has 150 valence electrons. The van der Waals surface area contributed by atoms with Crippen LogP contribution in [0.1, 0.15) is 31.8 Å². The van der Waals surface area contributed by atoms with Crippen LogP contribution in [0, 0.1) is 5.21 Å². The van der Waals surface area contributed by atoms with Crippen LogP contribution >= 0.6 is 0 Å². The largest absolute Gasteiger partial charge is 0.736 e. The van der Waals surface area contributed by atoms with Crippen LogP contribution in [0.3, 0.4) is 0 Å². The first-order valence-corrected chi connectivity index (χ1v) is 9.99. The number of rotatable bonds is 4. The maximum absolute atomic E-state index is 12.8. The third-order valence-corrected chi connectivity index (χ3v) is 5.38. The Morgan fingerprint density at radius 3 is 1.90 bits per heavy atom. The second-order valence-corrected chi connectivity index (χ2v) is 7.73. The van der Waals surface area contributed by atoms with Gasteiger partial charge in [0.15, 0.2) is 11.6 Å². The normalized spacial score (nSPS) is 13.3. The number of fused-ring (bicyclic) bond motifs is 2. The summed E-state index contributed by atoms with van der Waals surface area (Å²) in [4.78, 5) is 24.8. The Balaban J connectivity index is 1.85. The number of para-hydroxylation sites is 1. The summed E-state index contributed by atoms with van der Waals surface area (Å²) in [6, 6.07) is 15.8. The van der Waals surface area contributed by atoms with Gasteiger partial charge in [-0.15, -0.1) is 5.11 Å². The minimum absolute atomic E-state index is 0.0998. The Morgan fingerprint density at radius 2 is 1.33 bits per heavy atom. The van der Waals surface area contributed by atoms with Crippen molar-refractivity contribution in [2.24, 2.45) is 10.3 Å². The molecular formula is C20H12N3O6S-. The number of carbonyl (C=O) groups is 2. The Labute approximate surface area is 170 Å². The van der Waals surface area contributed by atoms with Crippen LogP contribution in [-0.2, 0) is 10.1 Å². The van der Waals surface area contributed by atoms with E-state index in [1.807, 2.05) is 0 Å². The lowest BCUT2D eigenvalue weighted by molar-refractivity contribution is 0.0979. The van der Waals surface area contributed by atoms with Gasteiger partial charge >= 0.3 is 0 Å². The SMILES string of the molecule is O=C1c2ccccc2C(=O)c2cc(S(=O)(=O)O)c(N=NN([O-])c3ccccc3)cc21. The molecule has 0 amide bonds. The summed E-state index contributed by atoms with van der Waals surface area (Å²) >= 11 is 0. The van der Waals surface area contributed by atoms with Crippen molar-refractivity contribution >= 4 is 33.1 Å². The zero-order chi connectivity index (χ0) is 21.5. The number of ketones is 2. The molecule has 30 heavy (non-hydrogen) atoms. The number of anilines is 1. The van der Waals surface area contributed by atoms with Gasteiger partial charge < -0.3 is 10.4 Å². The van der Waals surface area contributed by atoms with Crippen molar-refractivity contribution in [1.29, 1.82) is 0 Å². The zero-order valence-electron chi connectivity index (χ0n) is 15.1. The van der Waals surface area contributed by atoms with E-state index >= 15 is 0 Å². The Kier molecular flexibility index (Phi) is 4.74. The van der Waals surface area contributed by atoms with E-state index in [1.54, 1.807) is 30.3 Å². The van der Waals surface area contributed by atoms with Gasteiger partial charge in [0.05, 0.1) is 0 Å². The molecule has 0 unspecified atom stereocenters. The molecule has 1 aliphatic carbocycles. The molecule has 0 aromatic heterocycles. The molecule has 4 rings (SSSR count). The lowest BCUT2D eigenvalue weighted by Crippen LogP contribution is -2.21. The highest BCUT2D eigenvalue weighted by atomic mass is 32.2. The van der Waals surface area contributed by atoms with Gasteiger partial charge in [-0.3, -0.25) is 14.1 Å².